The van der Waals surface area contributed by atoms with Crippen LogP contribution >= 0.6 is 46.1 Å². The van der Waals surface area contributed by atoms with Gasteiger partial charge in [-0.3, -0.25) is 0 Å². The summed E-state index contributed by atoms with van der Waals surface area (Å²) in [6.07, 6.45) is 1.10. The number of imidazole rings is 1. The van der Waals surface area contributed by atoms with Gasteiger partial charge in [-0.2, -0.15) is 0 Å². The van der Waals surface area contributed by atoms with Crippen LogP contribution in [0.2, 0.25) is 0 Å². The molecule has 98 valence electrons. The maximum absolute atomic E-state index is 5.44. The molecular weight excluding hydrogens is 387 g/mol. The molecule has 19 heavy (non-hydrogen) atoms. The molecule has 0 saturated carbocycles. The Morgan fingerprint density at radius 1 is 1.26 bits per heavy atom. The highest BCUT2D eigenvalue weighted by atomic mass is 127. The normalized spacial score (nSPS) is 11.3. The summed E-state index contributed by atoms with van der Waals surface area (Å²) in [5.74, 6) is 0. The lowest BCUT2D eigenvalue weighted by Gasteiger charge is -2.02. The number of rotatable bonds is 3. The number of halogens is 1. The second-order valence-electron chi connectivity index (χ2n) is 4.40. The summed E-state index contributed by atoms with van der Waals surface area (Å²) in [5.41, 5.74) is 2.29. The third-order valence-electron chi connectivity index (χ3n) is 3.12. The van der Waals surface area contributed by atoms with Crippen molar-refractivity contribution in [2.24, 2.45) is 0 Å². The number of aromatic nitrogens is 2. The van der Waals surface area contributed by atoms with E-state index in [1.807, 2.05) is 11.3 Å². The molecule has 2 nitrogen and oxygen atoms in total. The van der Waals surface area contributed by atoms with E-state index in [1.54, 1.807) is 0 Å². The van der Waals surface area contributed by atoms with Gasteiger partial charge in [-0.05, 0) is 71.6 Å². The van der Waals surface area contributed by atoms with Crippen molar-refractivity contribution in [1.82, 2.24) is 9.55 Å². The zero-order valence-electron chi connectivity index (χ0n) is 10.4. The Labute approximate surface area is 134 Å². The molecule has 5 heteroatoms. The zero-order valence-corrected chi connectivity index (χ0v) is 14.2. The molecule has 1 N–H and O–H groups in total. The number of thiophene rings is 1. The topological polar surface area (TPSA) is 20.7 Å². The van der Waals surface area contributed by atoms with Crippen LogP contribution in [0, 0.1) is 8.34 Å². The third kappa shape index (κ3) is 2.64. The molecule has 2 aromatic heterocycles. The molecule has 0 fully saturated rings. The number of hydrogen-bond acceptors (Lipinski definition) is 2. The van der Waals surface area contributed by atoms with Crippen molar-refractivity contribution >= 4 is 57.2 Å². The quantitative estimate of drug-likeness (QED) is 0.486. The highest BCUT2D eigenvalue weighted by Crippen LogP contribution is 2.22. The maximum atomic E-state index is 5.44. The van der Waals surface area contributed by atoms with Gasteiger partial charge < -0.3 is 9.55 Å². The van der Waals surface area contributed by atoms with Crippen molar-refractivity contribution in [1.29, 1.82) is 0 Å². The predicted molar refractivity (Wildman–Crippen MR) is 92.6 cm³/mol. The molecule has 0 aliphatic carbocycles. The Morgan fingerprint density at radius 3 is 2.79 bits per heavy atom. The largest absolute Gasteiger partial charge is 0.331 e. The van der Waals surface area contributed by atoms with Gasteiger partial charge in [-0.1, -0.05) is 6.92 Å². The van der Waals surface area contributed by atoms with Crippen LogP contribution < -0.4 is 0 Å². The van der Waals surface area contributed by atoms with Gasteiger partial charge in [0.05, 0.1) is 17.6 Å². The molecule has 1 aromatic carbocycles. The van der Waals surface area contributed by atoms with Crippen LogP contribution in [-0.2, 0) is 13.0 Å². The summed E-state index contributed by atoms with van der Waals surface area (Å²) >= 11 is 9.63. The van der Waals surface area contributed by atoms with Crippen LogP contribution in [0.25, 0.3) is 11.0 Å². The zero-order chi connectivity index (χ0) is 13.4. The van der Waals surface area contributed by atoms with E-state index in [9.17, 15) is 0 Å². The van der Waals surface area contributed by atoms with Crippen LogP contribution in [0.1, 0.15) is 16.7 Å². The van der Waals surface area contributed by atoms with Crippen molar-refractivity contribution < 1.29 is 0 Å². The van der Waals surface area contributed by atoms with Crippen LogP contribution in [-0.4, -0.2) is 9.55 Å². The summed E-state index contributed by atoms with van der Waals surface area (Å²) < 4.78 is 4.19. The number of aromatic amines is 1. The van der Waals surface area contributed by atoms with Crippen molar-refractivity contribution in [3.05, 3.63) is 48.4 Å². The summed E-state index contributed by atoms with van der Waals surface area (Å²) in [6, 6.07) is 10.8. The lowest BCUT2D eigenvalue weighted by molar-refractivity contribution is 0.823. The molecule has 0 unspecified atom stereocenters. The fourth-order valence-corrected chi connectivity index (χ4v) is 3.86. The van der Waals surface area contributed by atoms with Gasteiger partial charge in [0.15, 0.2) is 4.77 Å². The van der Waals surface area contributed by atoms with Gasteiger partial charge in [0.1, 0.15) is 0 Å². The molecule has 0 aliphatic heterocycles. The average Bonchev–Trinajstić information content (AvgIpc) is 2.95. The van der Waals surface area contributed by atoms with E-state index in [2.05, 4.69) is 69.4 Å². The Hall–Kier alpha value is -0.660. The maximum Gasteiger partial charge on any atom is 0.178 e. The van der Waals surface area contributed by atoms with E-state index in [4.69, 9.17) is 12.2 Å². The van der Waals surface area contributed by atoms with Crippen LogP contribution in [0.3, 0.4) is 0 Å². The van der Waals surface area contributed by atoms with Crippen molar-refractivity contribution in [2.45, 2.75) is 19.9 Å². The van der Waals surface area contributed by atoms with E-state index in [0.29, 0.717) is 0 Å². The van der Waals surface area contributed by atoms with Crippen LogP contribution in [0.15, 0.2) is 30.3 Å². The highest BCUT2D eigenvalue weighted by Gasteiger charge is 2.07. The van der Waals surface area contributed by atoms with E-state index >= 15 is 0 Å². The minimum absolute atomic E-state index is 0.795. The van der Waals surface area contributed by atoms with Crippen molar-refractivity contribution in [3.8, 4) is 0 Å². The number of nitrogens with zero attached hydrogens (tertiary/aromatic N) is 1. The average molecular weight is 400 g/mol. The second kappa shape index (κ2) is 5.38. The molecular formula is C14H13IN2S2. The molecule has 2 heterocycles. The van der Waals surface area contributed by atoms with E-state index in [0.717, 1.165) is 23.3 Å². The van der Waals surface area contributed by atoms with Gasteiger partial charge >= 0.3 is 0 Å². The predicted octanol–water partition coefficient (Wildman–Crippen LogP) is 4.98. The van der Waals surface area contributed by atoms with Crippen molar-refractivity contribution in [2.75, 3.05) is 0 Å². The van der Waals surface area contributed by atoms with Crippen LogP contribution in [0.4, 0.5) is 0 Å². The Balaban J connectivity index is 2.05. The third-order valence-corrected chi connectivity index (χ3v) is 5.32. The minimum Gasteiger partial charge on any atom is -0.331 e. The smallest absolute Gasteiger partial charge is 0.178 e. The first-order valence-corrected chi connectivity index (χ1v) is 8.43. The highest BCUT2D eigenvalue weighted by molar-refractivity contribution is 14.1. The number of nitrogens with one attached hydrogen (secondary N) is 1. The number of H-pyrrole nitrogens is 1. The van der Waals surface area contributed by atoms with Gasteiger partial charge in [0.25, 0.3) is 0 Å². The number of hydrogen-bond donors (Lipinski definition) is 1. The monoisotopic (exact) mass is 400 g/mol. The number of fused-ring (bicyclic) bond motifs is 1. The second-order valence-corrected chi connectivity index (χ2v) is 7.28. The molecule has 0 spiro atoms. The number of benzene rings is 1. The fourth-order valence-electron chi connectivity index (χ4n) is 2.15. The standard InChI is InChI=1S/C14H13IN2S2/c1-2-10-4-5-11(19-10)8-17-13-6-3-9(15)7-12(13)16-14(17)18/h3-7H,2,8H2,1H3,(H,16,18). The first-order valence-electron chi connectivity index (χ1n) is 6.13. The lowest BCUT2D eigenvalue weighted by Crippen LogP contribution is -1.97. The van der Waals surface area contributed by atoms with Gasteiger partial charge in [-0.25, -0.2) is 0 Å². The molecule has 3 rings (SSSR count). The van der Waals surface area contributed by atoms with Gasteiger partial charge in [0.2, 0.25) is 0 Å². The Kier molecular flexibility index (Phi) is 3.77. The molecule has 0 bridgehead atoms. The molecule has 0 aliphatic rings. The lowest BCUT2D eigenvalue weighted by atomic mass is 10.3. The molecule has 3 aromatic rings. The van der Waals surface area contributed by atoms with E-state index in [-0.39, 0.29) is 0 Å². The first-order chi connectivity index (χ1) is 9.17. The fraction of sp³-hybridized carbons (Fsp3) is 0.214. The van der Waals surface area contributed by atoms with Crippen molar-refractivity contribution in [3.63, 3.8) is 0 Å². The molecule has 0 amide bonds. The first kappa shape index (κ1) is 13.3. The van der Waals surface area contributed by atoms with E-state index in [1.165, 1.54) is 18.8 Å². The van der Waals surface area contributed by atoms with Gasteiger partial charge in [-0.15, -0.1) is 11.3 Å². The summed E-state index contributed by atoms with van der Waals surface area (Å²) in [6.45, 7) is 3.04. The summed E-state index contributed by atoms with van der Waals surface area (Å²) in [5, 5.41) is 0. The van der Waals surface area contributed by atoms with E-state index < -0.39 is 0 Å². The Bertz CT molecular complexity index is 782. The van der Waals surface area contributed by atoms with Gasteiger partial charge in [0, 0.05) is 13.3 Å². The Morgan fingerprint density at radius 2 is 2.05 bits per heavy atom. The molecule has 0 atom stereocenters. The molecule has 0 saturated heterocycles. The summed E-state index contributed by atoms with van der Waals surface area (Å²) in [7, 11) is 0. The number of aryl methyl sites for hydroxylation is 1. The SMILES string of the molecule is CCc1ccc(Cn2c(=S)[nH]c3cc(I)ccc32)s1. The van der Waals surface area contributed by atoms with Crippen LogP contribution in [0.5, 0.6) is 0 Å². The molecule has 0 radical (unpaired) electrons. The summed E-state index contributed by atoms with van der Waals surface area (Å²) in [4.78, 5) is 6.07. The minimum atomic E-state index is 0.795.